The van der Waals surface area contributed by atoms with Crippen LogP contribution in [-0.4, -0.2) is 34.8 Å². The van der Waals surface area contributed by atoms with Crippen molar-refractivity contribution in [2.45, 2.75) is 18.9 Å². The van der Waals surface area contributed by atoms with Gasteiger partial charge in [-0.1, -0.05) is 11.6 Å². The molecule has 4 heteroatoms. The molecule has 13 heavy (non-hydrogen) atoms. The number of halogens is 1. The van der Waals surface area contributed by atoms with E-state index < -0.39 is 0 Å². The standard InChI is InChI=1S/C9H14ClN3/c1-12-4-2-9(3-5-12)13-7-8(10)6-11-13/h6-7,9H,2-5H2,1H3. The highest BCUT2D eigenvalue weighted by atomic mass is 35.5. The molecule has 1 fully saturated rings. The number of aromatic nitrogens is 2. The van der Waals surface area contributed by atoms with Gasteiger partial charge in [-0.15, -0.1) is 0 Å². The van der Waals surface area contributed by atoms with Crippen molar-refractivity contribution in [3.05, 3.63) is 17.4 Å². The third kappa shape index (κ3) is 2.03. The average molecular weight is 200 g/mol. The minimum atomic E-state index is 0.545. The number of hydrogen-bond donors (Lipinski definition) is 0. The minimum Gasteiger partial charge on any atom is -0.306 e. The zero-order chi connectivity index (χ0) is 9.26. The molecule has 0 radical (unpaired) electrons. The quantitative estimate of drug-likeness (QED) is 0.688. The molecule has 1 aromatic heterocycles. The highest BCUT2D eigenvalue weighted by molar-refractivity contribution is 6.30. The van der Waals surface area contributed by atoms with Crippen LogP contribution in [0.5, 0.6) is 0 Å². The molecule has 2 rings (SSSR count). The SMILES string of the molecule is CN1CCC(n2cc(Cl)cn2)CC1. The first-order valence-corrected chi connectivity index (χ1v) is 5.02. The van der Waals surface area contributed by atoms with E-state index >= 15 is 0 Å². The fourth-order valence-electron chi connectivity index (χ4n) is 1.77. The second-order valence-corrected chi connectivity index (χ2v) is 4.11. The van der Waals surface area contributed by atoms with Crippen LogP contribution in [0.3, 0.4) is 0 Å². The van der Waals surface area contributed by atoms with E-state index in [0.717, 1.165) is 18.1 Å². The molecular formula is C9H14ClN3. The van der Waals surface area contributed by atoms with E-state index in [1.54, 1.807) is 6.20 Å². The minimum absolute atomic E-state index is 0.545. The molecule has 0 unspecified atom stereocenters. The Morgan fingerprint density at radius 2 is 2.15 bits per heavy atom. The summed E-state index contributed by atoms with van der Waals surface area (Å²) in [4.78, 5) is 2.35. The highest BCUT2D eigenvalue weighted by Gasteiger charge is 2.18. The van der Waals surface area contributed by atoms with E-state index in [0.29, 0.717) is 6.04 Å². The number of nitrogens with zero attached hydrogens (tertiary/aromatic N) is 3. The second-order valence-electron chi connectivity index (χ2n) is 3.67. The Morgan fingerprint density at radius 1 is 1.46 bits per heavy atom. The third-order valence-corrected chi connectivity index (χ3v) is 2.83. The maximum Gasteiger partial charge on any atom is 0.0785 e. The number of hydrogen-bond acceptors (Lipinski definition) is 2. The molecule has 0 aliphatic carbocycles. The van der Waals surface area contributed by atoms with Crippen LogP contribution in [0.15, 0.2) is 12.4 Å². The summed E-state index contributed by atoms with van der Waals surface area (Å²) in [6, 6.07) is 0.545. The lowest BCUT2D eigenvalue weighted by Gasteiger charge is -2.28. The predicted octanol–water partition coefficient (Wildman–Crippen LogP) is 1.80. The van der Waals surface area contributed by atoms with E-state index in [1.165, 1.54) is 12.8 Å². The summed E-state index contributed by atoms with van der Waals surface area (Å²) in [5.41, 5.74) is 0. The second kappa shape index (κ2) is 3.68. The normalized spacial score (nSPS) is 20.8. The van der Waals surface area contributed by atoms with Crippen LogP contribution in [0.25, 0.3) is 0 Å². The van der Waals surface area contributed by atoms with Gasteiger partial charge >= 0.3 is 0 Å². The van der Waals surface area contributed by atoms with Gasteiger partial charge in [0.25, 0.3) is 0 Å². The molecule has 0 saturated carbocycles. The summed E-state index contributed by atoms with van der Waals surface area (Å²) in [7, 11) is 2.16. The Balaban J connectivity index is 2.02. The molecule has 3 nitrogen and oxygen atoms in total. The topological polar surface area (TPSA) is 21.1 Å². The molecule has 1 aromatic rings. The van der Waals surface area contributed by atoms with E-state index in [1.807, 2.05) is 10.9 Å². The molecule has 0 N–H and O–H groups in total. The van der Waals surface area contributed by atoms with Crippen LogP contribution in [-0.2, 0) is 0 Å². The lowest BCUT2D eigenvalue weighted by molar-refractivity contribution is 0.212. The molecule has 1 aliphatic heterocycles. The predicted molar refractivity (Wildman–Crippen MR) is 53.0 cm³/mol. The number of rotatable bonds is 1. The molecule has 0 amide bonds. The number of likely N-dealkylation sites (tertiary alicyclic amines) is 1. The molecule has 0 aromatic carbocycles. The molecule has 0 bridgehead atoms. The fraction of sp³-hybridized carbons (Fsp3) is 0.667. The summed E-state index contributed by atoms with van der Waals surface area (Å²) < 4.78 is 2.00. The van der Waals surface area contributed by atoms with Gasteiger partial charge < -0.3 is 4.90 Å². The lowest BCUT2D eigenvalue weighted by Crippen LogP contribution is -2.31. The smallest absolute Gasteiger partial charge is 0.0785 e. The Kier molecular flexibility index (Phi) is 2.56. The highest BCUT2D eigenvalue weighted by Crippen LogP contribution is 2.21. The first-order chi connectivity index (χ1) is 6.25. The average Bonchev–Trinajstić information content (AvgIpc) is 2.53. The Labute approximate surface area is 83.3 Å². The van der Waals surface area contributed by atoms with Gasteiger partial charge in [0.05, 0.1) is 17.3 Å². The molecule has 72 valence electrons. The van der Waals surface area contributed by atoms with E-state index in [4.69, 9.17) is 11.6 Å². The molecule has 0 spiro atoms. The van der Waals surface area contributed by atoms with Gasteiger partial charge in [0, 0.05) is 6.20 Å². The zero-order valence-corrected chi connectivity index (χ0v) is 8.54. The van der Waals surface area contributed by atoms with Crippen LogP contribution in [0.2, 0.25) is 5.02 Å². The van der Waals surface area contributed by atoms with Gasteiger partial charge in [-0.25, -0.2) is 0 Å². The maximum atomic E-state index is 5.81. The zero-order valence-electron chi connectivity index (χ0n) is 7.78. The fourth-order valence-corrected chi connectivity index (χ4v) is 1.92. The Bertz CT molecular complexity index is 276. The van der Waals surface area contributed by atoms with E-state index in [-0.39, 0.29) is 0 Å². The largest absolute Gasteiger partial charge is 0.306 e. The van der Waals surface area contributed by atoms with Gasteiger partial charge in [-0.3, -0.25) is 4.68 Å². The van der Waals surface area contributed by atoms with Gasteiger partial charge in [-0.2, -0.15) is 5.10 Å². The summed E-state index contributed by atoms with van der Waals surface area (Å²) in [6.07, 6.45) is 5.97. The van der Waals surface area contributed by atoms with E-state index in [9.17, 15) is 0 Å². The van der Waals surface area contributed by atoms with Crippen molar-refractivity contribution in [1.82, 2.24) is 14.7 Å². The molecular weight excluding hydrogens is 186 g/mol. The van der Waals surface area contributed by atoms with Gasteiger partial charge in [-0.05, 0) is 33.0 Å². The summed E-state index contributed by atoms with van der Waals surface area (Å²) in [5, 5.41) is 4.97. The van der Waals surface area contributed by atoms with Gasteiger partial charge in [0.1, 0.15) is 0 Å². The lowest BCUT2D eigenvalue weighted by atomic mass is 10.1. The third-order valence-electron chi connectivity index (χ3n) is 2.63. The maximum absolute atomic E-state index is 5.81. The van der Waals surface area contributed by atoms with E-state index in [2.05, 4.69) is 17.0 Å². The van der Waals surface area contributed by atoms with Crippen molar-refractivity contribution in [1.29, 1.82) is 0 Å². The first kappa shape index (κ1) is 9.03. The van der Waals surface area contributed by atoms with Gasteiger partial charge in [0.2, 0.25) is 0 Å². The Morgan fingerprint density at radius 3 is 2.69 bits per heavy atom. The van der Waals surface area contributed by atoms with Crippen molar-refractivity contribution in [3.63, 3.8) is 0 Å². The van der Waals surface area contributed by atoms with Crippen LogP contribution in [0, 0.1) is 0 Å². The molecule has 2 heterocycles. The van der Waals surface area contributed by atoms with Crippen molar-refractivity contribution in [3.8, 4) is 0 Å². The first-order valence-electron chi connectivity index (χ1n) is 4.64. The summed E-state index contributed by atoms with van der Waals surface area (Å²) in [5.74, 6) is 0. The van der Waals surface area contributed by atoms with Crippen LogP contribution < -0.4 is 0 Å². The van der Waals surface area contributed by atoms with Crippen molar-refractivity contribution < 1.29 is 0 Å². The van der Waals surface area contributed by atoms with Crippen molar-refractivity contribution >= 4 is 11.6 Å². The Hall–Kier alpha value is -0.540. The summed E-state index contributed by atoms with van der Waals surface area (Å²) >= 11 is 5.81. The molecule has 1 aliphatic rings. The van der Waals surface area contributed by atoms with Crippen molar-refractivity contribution in [2.24, 2.45) is 0 Å². The van der Waals surface area contributed by atoms with Crippen LogP contribution >= 0.6 is 11.6 Å². The van der Waals surface area contributed by atoms with Gasteiger partial charge in [0.15, 0.2) is 0 Å². The summed E-state index contributed by atoms with van der Waals surface area (Å²) in [6.45, 7) is 2.31. The van der Waals surface area contributed by atoms with Crippen LogP contribution in [0.4, 0.5) is 0 Å². The van der Waals surface area contributed by atoms with Crippen LogP contribution in [0.1, 0.15) is 18.9 Å². The van der Waals surface area contributed by atoms with Crippen molar-refractivity contribution in [2.75, 3.05) is 20.1 Å². The monoisotopic (exact) mass is 199 g/mol. The molecule has 1 saturated heterocycles. The molecule has 0 atom stereocenters. The number of piperidine rings is 1.